The molecule has 0 atom stereocenters. The number of para-hydroxylation sites is 2. The fourth-order valence-corrected chi connectivity index (χ4v) is 3.59. The number of hydrogen-bond acceptors (Lipinski definition) is 6. The van der Waals surface area contributed by atoms with Gasteiger partial charge in [-0.05, 0) is 42.8 Å². The van der Waals surface area contributed by atoms with Crippen molar-refractivity contribution in [3.63, 3.8) is 0 Å². The largest absolute Gasteiger partial charge is 0.493 e. The van der Waals surface area contributed by atoms with Crippen molar-refractivity contribution in [2.24, 2.45) is 0 Å². The first kappa shape index (κ1) is 20.7. The maximum absolute atomic E-state index is 12.7. The van der Waals surface area contributed by atoms with Crippen LogP contribution in [0.1, 0.15) is 12.5 Å². The first-order valence-corrected chi connectivity index (χ1v) is 10.4. The fraction of sp³-hybridized carbons (Fsp3) is 0.292. The monoisotopic (exact) mass is 418 g/mol. The Balaban J connectivity index is 1.36. The van der Waals surface area contributed by atoms with Crippen LogP contribution in [0.2, 0.25) is 0 Å². The van der Waals surface area contributed by atoms with Gasteiger partial charge in [0.25, 0.3) is 0 Å². The summed E-state index contributed by atoms with van der Waals surface area (Å²) in [5.74, 6) is 2.20. The predicted molar refractivity (Wildman–Crippen MR) is 122 cm³/mol. The number of rotatable bonds is 6. The van der Waals surface area contributed by atoms with Gasteiger partial charge in [-0.25, -0.2) is 4.98 Å². The molecule has 1 aromatic heterocycles. The third-order valence-corrected chi connectivity index (χ3v) is 5.26. The van der Waals surface area contributed by atoms with Crippen LogP contribution in [0.3, 0.4) is 0 Å². The van der Waals surface area contributed by atoms with Crippen molar-refractivity contribution in [2.75, 3.05) is 44.8 Å². The van der Waals surface area contributed by atoms with E-state index in [1.54, 1.807) is 19.4 Å². The molecule has 0 aliphatic carbocycles. The van der Waals surface area contributed by atoms with Crippen LogP contribution in [0.25, 0.3) is 17.1 Å². The van der Waals surface area contributed by atoms with Gasteiger partial charge in [-0.3, -0.25) is 9.78 Å². The molecule has 1 amide bonds. The standard InChI is InChI=1S/C24H26N4O3/c1-3-31-21-10-8-18(16-22(21)30-2)9-11-24(29)28-14-12-27(13-15-28)23-17-25-19-6-4-5-7-20(19)26-23/h4-11,16-17H,3,12-15H2,1-2H3/b11-9+. The summed E-state index contributed by atoms with van der Waals surface area (Å²) in [5.41, 5.74) is 2.65. The molecule has 0 unspecified atom stereocenters. The van der Waals surface area contributed by atoms with E-state index in [0.717, 1.165) is 35.5 Å². The zero-order chi connectivity index (χ0) is 21.6. The molecule has 3 aromatic rings. The molecule has 2 aromatic carbocycles. The number of aromatic nitrogens is 2. The topological polar surface area (TPSA) is 67.8 Å². The van der Waals surface area contributed by atoms with Gasteiger partial charge < -0.3 is 19.3 Å². The number of ether oxygens (including phenoxy) is 2. The molecule has 1 aliphatic heterocycles. The minimum Gasteiger partial charge on any atom is -0.493 e. The second-order valence-electron chi connectivity index (χ2n) is 7.21. The highest BCUT2D eigenvalue weighted by Gasteiger charge is 2.21. The Kier molecular flexibility index (Phi) is 6.31. The summed E-state index contributed by atoms with van der Waals surface area (Å²) in [5, 5.41) is 0. The highest BCUT2D eigenvalue weighted by molar-refractivity contribution is 5.92. The van der Waals surface area contributed by atoms with Gasteiger partial charge in [0.15, 0.2) is 11.5 Å². The van der Waals surface area contributed by atoms with Gasteiger partial charge in [-0.2, -0.15) is 0 Å². The van der Waals surface area contributed by atoms with Gasteiger partial charge in [0, 0.05) is 32.3 Å². The predicted octanol–water partition coefficient (Wildman–Crippen LogP) is 3.40. The Morgan fingerprint density at radius 1 is 1.06 bits per heavy atom. The lowest BCUT2D eigenvalue weighted by atomic mass is 10.2. The van der Waals surface area contributed by atoms with Crippen LogP contribution in [0, 0.1) is 0 Å². The van der Waals surface area contributed by atoms with Crippen molar-refractivity contribution < 1.29 is 14.3 Å². The summed E-state index contributed by atoms with van der Waals surface area (Å²) in [6, 6.07) is 13.5. The maximum Gasteiger partial charge on any atom is 0.246 e. The summed E-state index contributed by atoms with van der Waals surface area (Å²) in [7, 11) is 1.61. The molecule has 1 aliphatic rings. The zero-order valence-electron chi connectivity index (χ0n) is 17.8. The number of carbonyl (C=O) groups is 1. The Morgan fingerprint density at radius 3 is 2.58 bits per heavy atom. The molecular formula is C24H26N4O3. The van der Waals surface area contributed by atoms with E-state index >= 15 is 0 Å². The number of fused-ring (bicyclic) bond motifs is 1. The number of carbonyl (C=O) groups excluding carboxylic acids is 1. The molecule has 1 saturated heterocycles. The average Bonchev–Trinajstić information content (AvgIpc) is 2.83. The van der Waals surface area contributed by atoms with Crippen LogP contribution in [0.4, 0.5) is 5.82 Å². The second-order valence-corrected chi connectivity index (χ2v) is 7.21. The van der Waals surface area contributed by atoms with E-state index in [-0.39, 0.29) is 5.91 Å². The number of anilines is 1. The molecule has 31 heavy (non-hydrogen) atoms. The van der Waals surface area contributed by atoms with Gasteiger partial charge in [0.05, 0.1) is 30.9 Å². The summed E-state index contributed by atoms with van der Waals surface area (Å²) >= 11 is 0. The minimum absolute atomic E-state index is 0.00269. The molecule has 0 spiro atoms. The van der Waals surface area contributed by atoms with Crippen LogP contribution in [-0.4, -0.2) is 60.7 Å². The zero-order valence-corrected chi connectivity index (χ0v) is 17.8. The normalized spacial score (nSPS) is 14.3. The number of hydrogen-bond donors (Lipinski definition) is 0. The van der Waals surface area contributed by atoms with E-state index in [4.69, 9.17) is 14.5 Å². The summed E-state index contributed by atoms with van der Waals surface area (Å²) < 4.78 is 10.9. The smallest absolute Gasteiger partial charge is 0.246 e. The van der Waals surface area contributed by atoms with Crippen LogP contribution in [-0.2, 0) is 4.79 Å². The first-order valence-electron chi connectivity index (χ1n) is 10.4. The average molecular weight is 418 g/mol. The van der Waals surface area contributed by atoms with Crippen molar-refractivity contribution in [3.05, 3.63) is 60.3 Å². The number of nitrogens with zero attached hydrogens (tertiary/aromatic N) is 4. The van der Waals surface area contributed by atoms with E-state index in [2.05, 4.69) is 9.88 Å². The third kappa shape index (κ3) is 4.77. The molecule has 4 rings (SSSR count). The SMILES string of the molecule is CCOc1ccc(/C=C/C(=O)N2CCN(c3cnc4ccccc4n3)CC2)cc1OC. The third-order valence-electron chi connectivity index (χ3n) is 5.26. The molecule has 7 nitrogen and oxygen atoms in total. The van der Waals surface area contributed by atoms with Gasteiger partial charge in [0.2, 0.25) is 5.91 Å². The number of methoxy groups -OCH3 is 1. The lowest BCUT2D eigenvalue weighted by molar-refractivity contribution is -0.126. The van der Waals surface area contributed by atoms with Gasteiger partial charge in [-0.15, -0.1) is 0 Å². The highest BCUT2D eigenvalue weighted by Crippen LogP contribution is 2.28. The van der Waals surface area contributed by atoms with E-state index < -0.39 is 0 Å². The Morgan fingerprint density at radius 2 is 1.84 bits per heavy atom. The van der Waals surface area contributed by atoms with E-state index in [0.29, 0.717) is 31.2 Å². The quantitative estimate of drug-likeness (QED) is 0.572. The van der Waals surface area contributed by atoms with Gasteiger partial charge >= 0.3 is 0 Å². The van der Waals surface area contributed by atoms with Gasteiger partial charge in [-0.1, -0.05) is 18.2 Å². The first-order chi connectivity index (χ1) is 15.2. The molecule has 1 fully saturated rings. The van der Waals surface area contributed by atoms with Crippen molar-refractivity contribution >= 4 is 28.8 Å². The molecule has 0 radical (unpaired) electrons. The van der Waals surface area contributed by atoms with Crippen LogP contribution < -0.4 is 14.4 Å². The lowest BCUT2D eigenvalue weighted by Crippen LogP contribution is -2.48. The number of amides is 1. The highest BCUT2D eigenvalue weighted by atomic mass is 16.5. The number of piperazine rings is 1. The van der Waals surface area contributed by atoms with E-state index in [1.807, 2.05) is 60.4 Å². The lowest BCUT2D eigenvalue weighted by Gasteiger charge is -2.34. The number of benzene rings is 2. The molecule has 160 valence electrons. The Labute approximate surface area is 181 Å². The van der Waals surface area contributed by atoms with Crippen LogP contribution >= 0.6 is 0 Å². The molecule has 7 heteroatoms. The van der Waals surface area contributed by atoms with Crippen LogP contribution in [0.5, 0.6) is 11.5 Å². The summed E-state index contributed by atoms with van der Waals surface area (Å²) in [6.07, 6.45) is 5.22. The van der Waals surface area contributed by atoms with E-state index in [1.165, 1.54) is 0 Å². The van der Waals surface area contributed by atoms with Crippen molar-refractivity contribution in [2.45, 2.75) is 6.92 Å². The van der Waals surface area contributed by atoms with E-state index in [9.17, 15) is 4.79 Å². The molecule has 0 bridgehead atoms. The maximum atomic E-state index is 12.7. The van der Waals surface area contributed by atoms with Gasteiger partial charge in [0.1, 0.15) is 5.82 Å². The summed E-state index contributed by atoms with van der Waals surface area (Å²) in [6.45, 7) is 5.24. The molecule has 2 heterocycles. The fourth-order valence-electron chi connectivity index (χ4n) is 3.59. The summed E-state index contributed by atoms with van der Waals surface area (Å²) in [4.78, 5) is 25.9. The molecule has 0 saturated carbocycles. The van der Waals surface area contributed by atoms with Crippen molar-refractivity contribution in [1.82, 2.24) is 14.9 Å². The minimum atomic E-state index is -0.00269. The Hall–Kier alpha value is -3.61. The second kappa shape index (κ2) is 9.47. The molecular weight excluding hydrogens is 392 g/mol. The van der Waals surface area contributed by atoms with Crippen LogP contribution in [0.15, 0.2) is 54.7 Å². The Bertz CT molecular complexity index is 1090. The van der Waals surface area contributed by atoms with Crippen molar-refractivity contribution in [3.8, 4) is 11.5 Å². The molecule has 0 N–H and O–H groups in total. The van der Waals surface area contributed by atoms with Crippen molar-refractivity contribution in [1.29, 1.82) is 0 Å².